The summed E-state index contributed by atoms with van der Waals surface area (Å²) >= 11 is 0. The summed E-state index contributed by atoms with van der Waals surface area (Å²) in [6.07, 6.45) is -0.00214. The maximum atomic E-state index is 12.9. The van der Waals surface area contributed by atoms with E-state index in [9.17, 15) is 9.90 Å². The molecule has 0 bridgehead atoms. The molecule has 0 aromatic heterocycles. The Hall–Kier alpha value is -2.49. The Morgan fingerprint density at radius 3 is 2.71 bits per heavy atom. The summed E-state index contributed by atoms with van der Waals surface area (Å²) in [4.78, 5) is 14.7. The molecule has 1 N–H and O–H groups in total. The van der Waals surface area contributed by atoms with Crippen LogP contribution in [0.15, 0.2) is 42.5 Å². The number of fused-ring (bicyclic) bond motifs is 1. The van der Waals surface area contributed by atoms with Crippen LogP contribution in [0.25, 0.3) is 0 Å². The molecular weight excluding hydrogens is 302 g/mol. The van der Waals surface area contributed by atoms with Crippen molar-refractivity contribution in [1.82, 2.24) is 0 Å². The van der Waals surface area contributed by atoms with Gasteiger partial charge in [0.05, 0.1) is 5.69 Å². The third-order valence-corrected chi connectivity index (χ3v) is 4.10. The van der Waals surface area contributed by atoms with E-state index in [0.29, 0.717) is 30.3 Å². The highest BCUT2D eigenvalue weighted by molar-refractivity contribution is 6.00. The molecule has 0 fully saturated rings. The molecule has 4 heteroatoms. The Kier molecular flexibility index (Phi) is 4.47. The molecule has 0 radical (unpaired) electrons. The van der Waals surface area contributed by atoms with Crippen molar-refractivity contribution in [3.8, 4) is 11.5 Å². The fraction of sp³-hybridized carbons (Fsp3) is 0.350. The monoisotopic (exact) mass is 325 g/mol. The van der Waals surface area contributed by atoms with Crippen molar-refractivity contribution in [3.05, 3.63) is 53.6 Å². The lowest BCUT2D eigenvalue weighted by Crippen LogP contribution is -2.48. The smallest absolute Gasteiger partial charge is 0.268 e. The number of benzene rings is 2. The molecule has 0 spiro atoms. The molecule has 2 aromatic carbocycles. The van der Waals surface area contributed by atoms with Gasteiger partial charge in [0.15, 0.2) is 6.10 Å². The van der Waals surface area contributed by atoms with Crippen LogP contribution in [0.1, 0.15) is 25.0 Å². The van der Waals surface area contributed by atoms with Gasteiger partial charge in [-0.1, -0.05) is 43.7 Å². The number of anilines is 1. The summed E-state index contributed by atoms with van der Waals surface area (Å²) in [5.74, 6) is 1.05. The molecular formula is C20H23NO3. The minimum absolute atomic E-state index is 0.0525. The van der Waals surface area contributed by atoms with Crippen molar-refractivity contribution < 1.29 is 14.6 Å². The number of hydrogen-bond acceptors (Lipinski definition) is 3. The van der Waals surface area contributed by atoms with E-state index >= 15 is 0 Å². The third-order valence-electron chi connectivity index (χ3n) is 4.10. The fourth-order valence-corrected chi connectivity index (χ4v) is 3.05. The topological polar surface area (TPSA) is 49.8 Å². The van der Waals surface area contributed by atoms with Crippen molar-refractivity contribution in [3.63, 3.8) is 0 Å². The van der Waals surface area contributed by atoms with Gasteiger partial charge in [-0.2, -0.15) is 0 Å². The van der Waals surface area contributed by atoms with Gasteiger partial charge in [-0.15, -0.1) is 0 Å². The molecule has 24 heavy (non-hydrogen) atoms. The van der Waals surface area contributed by atoms with E-state index in [-0.39, 0.29) is 11.7 Å². The van der Waals surface area contributed by atoms with Crippen molar-refractivity contribution >= 4 is 11.6 Å². The predicted octanol–water partition coefficient (Wildman–Crippen LogP) is 3.69. The second-order valence-electron chi connectivity index (χ2n) is 6.79. The summed E-state index contributed by atoms with van der Waals surface area (Å²) in [5, 5.41) is 9.76. The maximum Gasteiger partial charge on any atom is 0.268 e. The molecule has 3 rings (SSSR count). The van der Waals surface area contributed by atoms with Crippen LogP contribution < -0.4 is 9.64 Å². The van der Waals surface area contributed by atoms with E-state index in [1.165, 1.54) is 5.56 Å². The Balaban J connectivity index is 1.92. The third kappa shape index (κ3) is 3.37. The minimum Gasteiger partial charge on any atom is -0.508 e. The van der Waals surface area contributed by atoms with Crippen molar-refractivity contribution in [2.24, 2.45) is 5.92 Å². The first-order valence-corrected chi connectivity index (χ1v) is 8.30. The molecule has 126 valence electrons. The Morgan fingerprint density at radius 2 is 2.00 bits per heavy atom. The van der Waals surface area contributed by atoms with Crippen molar-refractivity contribution in [2.75, 3.05) is 11.4 Å². The molecule has 1 unspecified atom stereocenters. The van der Waals surface area contributed by atoms with Crippen LogP contribution in [0.2, 0.25) is 0 Å². The number of aryl methyl sites for hydroxylation is 1. The number of rotatable bonds is 4. The maximum absolute atomic E-state index is 12.9. The van der Waals surface area contributed by atoms with E-state index in [0.717, 1.165) is 5.56 Å². The lowest BCUT2D eigenvalue weighted by molar-refractivity contribution is -0.126. The second kappa shape index (κ2) is 6.56. The summed E-state index contributed by atoms with van der Waals surface area (Å²) in [5.41, 5.74) is 2.90. The zero-order valence-electron chi connectivity index (χ0n) is 14.3. The van der Waals surface area contributed by atoms with Crippen LogP contribution in [0, 0.1) is 12.8 Å². The Bertz CT molecular complexity index is 754. The standard InChI is InChI=1S/C20H23NO3/c1-13(2)12-21-17-11-16(22)7-8-18(17)24-19(20(21)23)10-15-6-4-5-14(3)9-15/h4-9,11,13,19,22H,10,12H2,1-3H3. The van der Waals surface area contributed by atoms with Gasteiger partial charge in [-0.3, -0.25) is 4.79 Å². The van der Waals surface area contributed by atoms with Crippen LogP contribution in [-0.4, -0.2) is 23.7 Å². The normalized spacial score (nSPS) is 16.9. The molecule has 1 aliphatic heterocycles. The predicted molar refractivity (Wildman–Crippen MR) is 94.6 cm³/mol. The first kappa shape index (κ1) is 16.4. The molecule has 0 saturated heterocycles. The summed E-state index contributed by atoms with van der Waals surface area (Å²) in [7, 11) is 0. The fourth-order valence-electron chi connectivity index (χ4n) is 3.05. The first-order chi connectivity index (χ1) is 11.4. The number of amides is 1. The number of ether oxygens (including phenoxy) is 1. The van der Waals surface area contributed by atoms with Gasteiger partial charge in [-0.05, 0) is 30.5 Å². The van der Waals surface area contributed by atoms with Gasteiger partial charge in [0.25, 0.3) is 5.91 Å². The zero-order chi connectivity index (χ0) is 17.3. The summed E-state index contributed by atoms with van der Waals surface area (Å²) < 4.78 is 5.95. The van der Waals surface area contributed by atoms with Crippen LogP contribution in [0.3, 0.4) is 0 Å². The average molecular weight is 325 g/mol. The van der Waals surface area contributed by atoms with E-state index in [1.54, 1.807) is 23.1 Å². The summed E-state index contributed by atoms with van der Waals surface area (Å²) in [6, 6.07) is 13.0. The molecule has 4 nitrogen and oxygen atoms in total. The van der Waals surface area contributed by atoms with E-state index in [2.05, 4.69) is 19.9 Å². The highest BCUT2D eigenvalue weighted by Gasteiger charge is 2.34. The van der Waals surface area contributed by atoms with Crippen LogP contribution in [0.5, 0.6) is 11.5 Å². The van der Waals surface area contributed by atoms with Gasteiger partial charge in [-0.25, -0.2) is 0 Å². The Morgan fingerprint density at radius 1 is 1.21 bits per heavy atom. The van der Waals surface area contributed by atoms with Gasteiger partial charge in [0, 0.05) is 19.0 Å². The number of hydrogen-bond donors (Lipinski definition) is 1. The first-order valence-electron chi connectivity index (χ1n) is 8.30. The van der Waals surface area contributed by atoms with Crippen LogP contribution >= 0.6 is 0 Å². The van der Waals surface area contributed by atoms with Gasteiger partial charge in [0.1, 0.15) is 11.5 Å². The lowest BCUT2D eigenvalue weighted by atomic mass is 10.0. The Labute approximate surface area is 142 Å². The number of carbonyl (C=O) groups excluding carboxylic acids is 1. The molecule has 1 atom stereocenters. The second-order valence-corrected chi connectivity index (χ2v) is 6.79. The molecule has 0 saturated carbocycles. The summed E-state index contributed by atoms with van der Waals surface area (Å²) in [6.45, 7) is 6.78. The van der Waals surface area contributed by atoms with Gasteiger partial charge < -0.3 is 14.7 Å². The highest BCUT2D eigenvalue weighted by atomic mass is 16.5. The van der Waals surface area contributed by atoms with Crippen LogP contribution in [-0.2, 0) is 11.2 Å². The lowest BCUT2D eigenvalue weighted by Gasteiger charge is -2.35. The van der Waals surface area contributed by atoms with Crippen LogP contribution in [0.4, 0.5) is 5.69 Å². The molecule has 1 amide bonds. The number of phenolic OH excluding ortho intramolecular Hbond substituents is 1. The van der Waals surface area contributed by atoms with Crippen molar-refractivity contribution in [2.45, 2.75) is 33.3 Å². The largest absolute Gasteiger partial charge is 0.508 e. The SMILES string of the molecule is Cc1cccc(CC2Oc3ccc(O)cc3N(CC(C)C)C2=O)c1. The van der Waals surface area contributed by atoms with E-state index < -0.39 is 6.10 Å². The van der Waals surface area contributed by atoms with E-state index in [4.69, 9.17) is 4.74 Å². The zero-order valence-corrected chi connectivity index (χ0v) is 14.3. The minimum atomic E-state index is -0.539. The number of carbonyl (C=O) groups is 1. The number of phenols is 1. The number of nitrogens with zero attached hydrogens (tertiary/aromatic N) is 1. The van der Waals surface area contributed by atoms with Gasteiger partial charge in [0.2, 0.25) is 0 Å². The molecule has 1 heterocycles. The molecule has 1 aliphatic rings. The average Bonchev–Trinajstić information content (AvgIpc) is 2.52. The van der Waals surface area contributed by atoms with Gasteiger partial charge >= 0.3 is 0 Å². The van der Waals surface area contributed by atoms with Crippen molar-refractivity contribution in [1.29, 1.82) is 0 Å². The molecule has 2 aromatic rings. The quantitative estimate of drug-likeness (QED) is 0.932. The molecule has 0 aliphatic carbocycles. The van der Waals surface area contributed by atoms with E-state index in [1.807, 2.05) is 25.1 Å². The number of aromatic hydroxyl groups is 1. The highest BCUT2D eigenvalue weighted by Crippen LogP contribution is 2.37.